The van der Waals surface area contributed by atoms with E-state index in [2.05, 4.69) is 25.6 Å². The molecule has 2 aromatic rings. The number of guanidine groups is 1. The van der Waals surface area contributed by atoms with Crippen LogP contribution in [0.2, 0.25) is 0 Å². The number of thiazole rings is 1. The highest BCUT2D eigenvalue weighted by Crippen LogP contribution is 2.25. The standard InChI is InChI=1S/C19H26FN5OS.HI/c1-13-10-25(11-17(26-13)14-5-7-15(20)8-6-14)18(21-2)22-9-16-12-27-19(23-16)24(3)4;/h5-8,12-13,17H,9-11H2,1-4H3,(H,21,22);1H. The summed E-state index contributed by atoms with van der Waals surface area (Å²) >= 11 is 1.62. The van der Waals surface area contributed by atoms with E-state index in [1.165, 1.54) is 12.1 Å². The minimum Gasteiger partial charge on any atom is -0.367 e. The molecule has 3 rings (SSSR count). The molecule has 1 aromatic heterocycles. The van der Waals surface area contributed by atoms with E-state index in [1.54, 1.807) is 30.5 Å². The van der Waals surface area contributed by atoms with Crippen molar-refractivity contribution in [3.63, 3.8) is 0 Å². The Morgan fingerprint density at radius 1 is 1.36 bits per heavy atom. The first-order chi connectivity index (χ1) is 13.0. The molecule has 0 radical (unpaired) electrons. The molecule has 28 heavy (non-hydrogen) atoms. The van der Waals surface area contributed by atoms with Crippen molar-refractivity contribution < 1.29 is 9.13 Å². The molecule has 1 fully saturated rings. The summed E-state index contributed by atoms with van der Waals surface area (Å²) in [7, 11) is 5.75. The lowest BCUT2D eigenvalue weighted by Crippen LogP contribution is -2.50. The highest BCUT2D eigenvalue weighted by molar-refractivity contribution is 14.0. The van der Waals surface area contributed by atoms with Crippen molar-refractivity contribution in [1.29, 1.82) is 0 Å². The summed E-state index contributed by atoms with van der Waals surface area (Å²) in [6.45, 7) is 4.07. The molecule has 0 saturated carbocycles. The van der Waals surface area contributed by atoms with E-state index in [9.17, 15) is 4.39 Å². The zero-order valence-electron chi connectivity index (χ0n) is 16.6. The van der Waals surface area contributed by atoms with Crippen LogP contribution in [0.3, 0.4) is 0 Å². The summed E-state index contributed by atoms with van der Waals surface area (Å²) < 4.78 is 19.3. The number of anilines is 1. The molecule has 0 aliphatic carbocycles. The average Bonchev–Trinajstić information content (AvgIpc) is 3.12. The first kappa shape index (κ1) is 22.8. The molecule has 1 aliphatic heterocycles. The van der Waals surface area contributed by atoms with Crippen LogP contribution >= 0.6 is 35.3 Å². The van der Waals surface area contributed by atoms with Crippen molar-refractivity contribution in [3.05, 3.63) is 46.7 Å². The highest BCUT2D eigenvalue weighted by Gasteiger charge is 2.28. The maximum Gasteiger partial charge on any atom is 0.194 e. The van der Waals surface area contributed by atoms with Crippen LogP contribution in [0, 0.1) is 5.82 Å². The van der Waals surface area contributed by atoms with E-state index in [0.29, 0.717) is 13.1 Å². The predicted molar refractivity (Wildman–Crippen MR) is 123 cm³/mol. The lowest BCUT2D eigenvalue weighted by molar-refractivity contribution is -0.0605. The minimum absolute atomic E-state index is 0. The molecular formula is C19H27FIN5OS. The number of ether oxygens (including phenoxy) is 1. The fourth-order valence-electron chi connectivity index (χ4n) is 3.07. The number of halogens is 2. The van der Waals surface area contributed by atoms with Gasteiger partial charge >= 0.3 is 0 Å². The summed E-state index contributed by atoms with van der Waals surface area (Å²) in [4.78, 5) is 13.2. The lowest BCUT2D eigenvalue weighted by atomic mass is 10.1. The van der Waals surface area contributed by atoms with E-state index in [-0.39, 0.29) is 42.0 Å². The Labute approximate surface area is 186 Å². The first-order valence-corrected chi connectivity index (χ1v) is 9.82. The number of aliphatic imine (C=N–C) groups is 1. The van der Waals surface area contributed by atoms with Crippen LogP contribution in [0.4, 0.5) is 9.52 Å². The molecule has 154 valence electrons. The number of aromatic nitrogens is 1. The lowest BCUT2D eigenvalue weighted by Gasteiger charge is -2.38. The summed E-state index contributed by atoms with van der Waals surface area (Å²) in [5.74, 6) is 0.578. The zero-order chi connectivity index (χ0) is 19.4. The largest absolute Gasteiger partial charge is 0.367 e. The zero-order valence-corrected chi connectivity index (χ0v) is 19.7. The van der Waals surface area contributed by atoms with Gasteiger partial charge in [-0.3, -0.25) is 4.99 Å². The second kappa shape index (κ2) is 10.4. The van der Waals surface area contributed by atoms with Crippen LogP contribution in [0.15, 0.2) is 34.6 Å². The maximum atomic E-state index is 13.2. The normalized spacial score (nSPS) is 19.9. The van der Waals surface area contributed by atoms with Gasteiger partial charge in [0.25, 0.3) is 0 Å². The fraction of sp³-hybridized carbons (Fsp3) is 0.474. The van der Waals surface area contributed by atoms with Crippen LogP contribution in [0.25, 0.3) is 0 Å². The number of morpholine rings is 1. The smallest absolute Gasteiger partial charge is 0.194 e. The van der Waals surface area contributed by atoms with Gasteiger partial charge in [-0.15, -0.1) is 35.3 Å². The van der Waals surface area contributed by atoms with E-state index in [0.717, 1.165) is 28.9 Å². The van der Waals surface area contributed by atoms with Gasteiger partial charge < -0.3 is 19.9 Å². The molecule has 1 aliphatic rings. The van der Waals surface area contributed by atoms with Crippen LogP contribution < -0.4 is 10.2 Å². The summed E-state index contributed by atoms with van der Waals surface area (Å²) in [5.41, 5.74) is 1.96. The number of rotatable bonds is 4. The molecule has 2 atom stereocenters. The second-order valence-electron chi connectivity index (χ2n) is 6.81. The third kappa shape index (κ3) is 5.77. The molecule has 2 unspecified atom stereocenters. The molecular weight excluding hydrogens is 492 g/mol. The van der Waals surface area contributed by atoms with E-state index >= 15 is 0 Å². The Kier molecular flexibility index (Phi) is 8.44. The molecule has 1 aromatic carbocycles. The quantitative estimate of drug-likeness (QED) is 0.381. The molecule has 0 spiro atoms. The van der Waals surface area contributed by atoms with Gasteiger partial charge in [-0.1, -0.05) is 12.1 Å². The number of nitrogens with zero attached hydrogens (tertiary/aromatic N) is 4. The van der Waals surface area contributed by atoms with Gasteiger partial charge in [-0.05, 0) is 24.6 Å². The predicted octanol–water partition coefficient (Wildman–Crippen LogP) is 3.50. The molecule has 1 N–H and O–H groups in total. The van der Waals surface area contributed by atoms with Gasteiger partial charge in [0.1, 0.15) is 11.9 Å². The Balaban J connectivity index is 0.00000280. The Morgan fingerprint density at radius 2 is 2.07 bits per heavy atom. The molecule has 1 saturated heterocycles. The molecule has 0 bridgehead atoms. The Hall–Kier alpha value is -1.46. The maximum absolute atomic E-state index is 13.2. The van der Waals surface area contributed by atoms with Gasteiger partial charge in [0.2, 0.25) is 0 Å². The van der Waals surface area contributed by atoms with Crippen molar-refractivity contribution in [2.24, 2.45) is 4.99 Å². The van der Waals surface area contributed by atoms with Gasteiger partial charge in [0.15, 0.2) is 11.1 Å². The van der Waals surface area contributed by atoms with Crippen LogP contribution in [-0.2, 0) is 11.3 Å². The van der Waals surface area contributed by atoms with Crippen molar-refractivity contribution in [1.82, 2.24) is 15.2 Å². The van der Waals surface area contributed by atoms with E-state index < -0.39 is 0 Å². The van der Waals surface area contributed by atoms with Gasteiger partial charge in [0.05, 0.1) is 24.9 Å². The van der Waals surface area contributed by atoms with Gasteiger partial charge in [-0.25, -0.2) is 9.37 Å². The summed E-state index contributed by atoms with van der Waals surface area (Å²) in [6, 6.07) is 6.51. The third-order valence-electron chi connectivity index (χ3n) is 4.36. The van der Waals surface area contributed by atoms with Crippen LogP contribution in [-0.4, -0.2) is 56.2 Å². The number of hydrogen-bond donors (Lipinski definition) is 1. The van der Waals surface area contributed by atoms with Crippen molar-refractivity contribution in [2.75, 3.05) is 39.1 Å². The molecule has 2 heterocycles. The Bertz CT molecular complexity index is 783. The molecule has 0 amide bonds. The fourth-order valence-corrected chi connectivity index (χ4v) is 3.83. The SMILES string of the molecule is CN=C(NCc1csc(N(C)C)n1)N1CC(C)OC(c2ccc(F)cc2)C1.I. The van der Waals surface area contributed by atoms with Crippen LogP contribution in [0.1, 0.15) is 24.3 Å². The van der Waals surface area contributed by atoms with Gasteiger partial charge in [-0.2, -0.15) is 0 Å². The average molecular weight is 519 g/mol. The summed E-state index contributed by atoms with van der Waals surface area (Å²) in [6.07, 6.45) is -0.0699. The highest BCUT2D eigenvalue weighted by atomic mass is 127. The van der Waals surface area contributed by atoms with E-state index in [1.807, 2.05) is 25.9 Å². The number of benzene rings is 1. The monoisotopic (exact) mass is 519 g/mol. The topological polar surface area (TPSA) is 53.0 Å². The second-order valence-corrected chi connectivity index (χ2v) is 7.65. The van der Waals surface area contributed by atoms with Gasteiger partial charge in [0, 0.05) is 33.1 Å². The third-order valence-corrected chi connectivity index (χ3v) is 5.42. The van der Waals surface area contributed by atoms with E-state index in [4.69, 9.17) is 4.74 Å². The molecule has 9 heteroatoms. The minimum atomic E-state index is -0.239. The number of hydrogen-bond acceptors (Lipinski definition) is 5. The number of nitrogens with one attached hydrogen (secondary N) is 1. The van der Waals surface area contributed by atoms with Crippen molar-refractivity contribution in [3.8, 4) is 0 Å². The van der Waals surface area contributed by atoms with Crippen molar-refractivity contribution in [2.45, 2.75) is 25.7 Å². The summed E-state index contributed by atoms with van der Waals surface area (Å²) in [5, 5.41) is 6.43. The Morgan fingerprint density at radius 3 is 2.68 bits per heavy atom. The first-order valence-electron chi connectivity index (χ1n) is 8.94. The van der Waals surface area contributed by atoms with Crippen LogP contribution in [0.5, 0.6) is 0 Å². The molecule has 6 nitrogen and oxygen atoms in total. The van der Waals surface area contributed by atoms with Crippen molar-refractivity contribution >= 4 is 46.4 Å².